The quantitative estimate of drug-likeness (QED) is 0.798. The molecule has 0 aliphatic rings. The lowest BCUT2D eigenvalue weighted by Gasteiger charge is -2.07. The normalized spacial score (nSPS) is 10.4. The molecule has 2 aromatic rings. The molecule has 6 nitrogen and oxygen atoms in total. The van der Waals surface area contributed by atoms with Crippen molar-refractivity contribution in [2.45, 2.75) is 20.8 Å². The van der Waals surface area contributed by atoms with Gasteiger partial charge in [-0.15, -0.1) is 5.10 Å². The number of anilines is 1. The first-order valence-electron chi connectivity index (χ1n) is 4.87. The molecule has 0 aliphatic carbocycles. The number of nitrogens with zero attached hydrogens (tertiary/aromatic N) is 3. The molecule has 0 unspecified atom stereocenters. The minimum atomic E-state index is 0.426. The molecule has 3 N–H and O–H groups in total. The Kier molecular flexibility index (Phi) is 2.47. The van der Waals surface area contributed by atoms with Gasteiger partial charge < -0.3 is 10.5 Å². The Balaban J connectivity index is 2.34. The number of aromatic nitrogens is 4. The van der Waals surface area contributed by atoms with Crippen LogP contribution in [0.1, 0.15) is 17.1 Å². The molecule has 0 aliphatic heterocycles. The molecule has 2 rings (SSSR count). The number of aromatic amines is 1. The summed E-state index contributed by atoms with van der Waals surface area (Å²) >= 11 is 0. The zero-order valence-electron chi connectivity index (χ0n) is 9.40. The molecule has 0 aromatic carbocycles. The number of rotatable bonds is 2. The molecule has 0 saturated heterocycles. The fourth-order valence-corrected chi connectivity index (χ4v) is 1.27. The van der Waals surface area contributed by atoms with Gasteiger partial charge >= 0.3 is 0 Å². The first-order valence-corrected chi connectivity index (χ1v) is 4.87. The fraction of sp³-hybridized carbons (Fsp3) is 0.300. The van der Waals surface area contributed by atoms with Crippen LogP contribution in [-0.2, 0) is 0 Å². The van der Waals surface area contributed by atoms with Gasteiger partial charge in [0, 0.05) is 11.8 Å². The van der Waals surface area contributed by atoms with Crippen LogP contribution in [0.15, 0.2) is 6.07 Å². The van der Waals surface area contributed by atoms with E-state index >= 15 is 0 Å². The summed E-state index contributed by atoms with van der Waals surface area (Å²) in [4.78, 5) is 8.21. The summed E-state index contributed by atoms with van der Waals surface area (Å²) in [6, 6.07) is 1.78. The van der Waals surface area contributed by atoms with Crippen LogP contribution < -0.4 is 10.5 Å². The molecule has 0 fully saturated rings. The van der Waals surface area contributed by atoms with E-state index in [1.165, 1.54) is 0 Å². The number of H-pyrrole nitrogens is 1. The lowest BCUT2D eigenvalue weighted by Crippen LogP contribution is -2.02. The van der Waals surface area contributed by atoms with Gasteiger partial charge in [0.25, 0.3) is 0 Å². The standard InChI is InChI=1S/C10H13N5O/c1-5-4-8(15-14-5)16-10-6(2)9(11)12-7(3)13-10/h4H,1-3H3,(H,14,15)(H2,11,12,13). The van der Waals surface area contributed by atoms with Crippen molar-refractivity contribution in [1.82, 2.24) is 20.2 Å². The molecule has 2 aromatic heterocycles. The Morgan fingerprint density at radius 1 is 1.25 bits per heavy atom. The molecule has 16 heavy (non-hydrogen) atoms. The van der Waals surface area contributed by atoms with Crippen LogP contribution in [0.25, 0.3) is 0 Å². The van der Waals surface area contributed by atoms with Gasteiger partial charge in [-0.2, -0.15) is 4.98 Å². The third kappa shape index (κ3) is 1.95. The van der Waals surface area contributed by atoms with Gasteiger partial charge in [-0.3, -0.25) is 5.10 Å². The topological polar surface area (TPSA) is 89.7 Å². The average molecular weight is 219 g/mol. The van der Waals surface area contributed by atoms with Crippen molar-refractivity contribution in [2.75, 3.05) is 5.73 Å². The summed E-state index contributed by atoms with van der Waals surface area (Å²) < 4.78 is 5.52. The lowest BCUT2D eigenvalue weighted by molar-refractivity contribution is 0.437. The second kappa shape index (κ2) is 3.80. The predicted octanol–water partition coefficient (Wildman–Crippen LogP) is 1.50. The predicted molar refractivity (Wildman–Crippen MR) is 59.3 cm³/mol. The number of nitrogens with one attached hydrogen (secondary N) is 1. The highest BCUT2D eigenvalue weighted by Gasteiger charge is 2.10. The van der Waals surface area contributed by atoms with Gasteiger partial charge in [0.15, 0.2) is 0 Å². The molecular weight excluding hydrogens is 206 g/mol. The maximum Gasteiger partial charge on any atom is 0.240 e. The zero-order valence-corrected chi connectivity index (χ0v) is 9.40. The molecule has 0 atom stereocenters. The number of ether oxygens (including phenoxy) is 1. The molecule has 0 radical (unpaired) electrons. The van der Waals surface area contributed by atoms with E-state index in [4.69, 9.17) is 10.5 Å². The van der Waals surface area contributed by atoms with Crippen LogP contribution in [0.3, 0.4) is 0 Å². The highest BCUT2D eigenvalue weighted by molar-refractivity contribution is 5.45. The zero-order chi connectivity index (χ0) is 11.7. The van der Waals surface area contributed by atoms with Crippen molar-refractivity contribution in [3.63, 3.8) is 0 Å². The number of hydrogen-bond acceptors (Lipinski definition) is 5. The van der Waals surface area contributed by atoms with Crippen LogP contribution >= 0.6 is 0 Å². The van der Waals surface area contributed by atoms with E-state index in [0.717, 1.165) is 5.69 Å². The monoisotopic (exact) mass is 219 g/mol. The second-order valence-electron chi connectivity index (χ2n) is 3.58. The van der Waals surface area contributed by atoms with Crippen molar-refractivity contribution in [1.29, 1.82) is 0 Å². The minimum absolute atomic E-state index is 0.426. The van der Waals surface area contributed by atoms with Crippen LogP contribution in [0.4, 0.5) is 5.82 Å². The molecule has 6 heteroatoms. The Hall–Kier alpha value is -2.11. The maximum atomic E-state index is 5.72. The first-order chi connectivity index (χ1) is 7.56. The van der Waals surface area contributed by atoms with Crippen molar-refractivity contribution < 1.29 is 4.74 Å². The van der Waals surface area contributed by atoms with Crippen LogP contribution in [0, 0.1) is 20.8 Å². The maximum absolute atomic E-state index is 5.72. The summed E-state index contributed by atoms with van der Waals surface area (Å²) in [5, 5.41) is 6.75. The van der Waals surface area contributed by atoms with Gasteiger partial charge in [0.2, 0.25) is 11.8 Å². The van der Waals surface area contributed by atoms with Gasteiger partial charge in [-0.1, -0.05) is 0 Å². The number of nitrogen functional groups attached to an aromatic ring is 1. The summed E-state index contributed by atoms with van der Waals surface area (Å²) in [5.41, 5.74) is 7.36. The van der Waals surface area contributed by atoms with Crippen molar-refractivity contribution >= 4 is 5.82 Å². The Labute approximate surface area is 92.9 Å². The number of aryl methyl sites for hydroxylation is 2. The van der Waals surface area contributed by atoms with E-state index in [1.54, 1.807) is 13.0 Å². The minimum Gasteiger partial charge on any atom is -0.419 e. The van der Waals surface area contributed by atoms with Gasteiger partial charge in [-0.05, 0) is 20.8 Å². The summed E-state index contributed by atoms with van der Waals surface area (Å²) in [5.74, 6) is 1.91. The third-order valence-electron chi connectivity index (χ3n) is 2.13. The van der Waals surface area contributed by atoms with E-state index in [1.807, 2.05) is 13.8 Å². The Bertz CT molecular complexity index is 520. The van der Waals surface area contributed by atoms with Crippen molar-refractivity contribution in [3.05, 3.63) is 23.1 Å². The highest BCUT2D eigenvalue weighted by Crippen LogP contribution is 2.24. The number of nitrogens with two attached hydrogens (primary N) is 1. The molecule has 0 spiro atoms. The van der Waals surface area contributed by atoms with E-state index < -0.39 is 0 Å². The third-order valence-corrected chi connectivity index (χ3v) is 2.13. The van der Waals surface area contributed by atoms with E-state index in [2.05, 4.69) is 20.2 Å². The molecule has 0 bridgehead atoms. The average Bonchev–Trinajstić information content (AvgIpc) is 2.60. The SMILES string of the molecule is Cc1nc(N)c(C)c(Oc2cc(C)[nH]n2)n1. The molecule has 2 heterocycles. The summed E-state index contributed by atoms with van der Waals surface area (Å²) in [7, 11) is 0. The highest BCUT2D eigenvalue weighted by atomic mass is 16.5. The van der Waals surface area contributed by atoms with Gasteiger partial charge in [0.05, 0.1) is 5.56 Å². The van der Waals surface area contributed by atoms with Gasteiger partial charge in [0.1, 0.15) is 11.6 Å². The molecule has 0 amide bonds. The van der Waals surface area contributed by atoms with E-state index in [9.17, 15) is 0 Å². The fourth-order valence-electron chi connectivity index (χ4n) is 1.27. The largest absolute Gasteiger partial charge is 0.419 e. The second-order valence-corrected chi connectivity index (χ2v) is 3.58. The Morgan fingerprint density at radius 3 is 2.62 bits per heavy atom. The molecular formula is C10H13N5O. The summed E-state index contributed by atoms with van der Waals surface area (Å²) in [6.07, 6.45) is 0. The first kappa shape index (κ1) is 10.4. The van der Waals surface area contributed by atoms with Crippen molar-refractivity contribution in [2.24, 2.45) is 0 Å². The van der Waals surface area contributed by atoms with E-state index in [0.29, 0.717) is 29.0 Å². The molecule has 84 valence electrons. The van der Waals surface area contributed by atoms with Crippen LogP contribution in [0.5, 0.6) is 11.8 Å². The number of hydrogen-bond donors (Lipinski definition) is 2. The smallest absolute Gasteiger partial charge is 0.240 e. The van der Waals surface area contributed by atoms with E-state index in [-0.39, 0.29) is 0 Å². The Morgan fingerprint density at radius 2 is 2.00 bits per heavy atom. The van der Waals surface area contributed by atoms with Gasteiger partial charge in [-0.25, -0.2) is 4.98 Å². The molecule has 0 saturated carbocycles. The summed E-state index contributed by atoms with van der Waals surface area (Å²) in [6.45, 7) is 5.47. The lowest BCUT2D eigenvalue weighted by atomic mass is 10.3. The van der Waals surface area contributed by atoms with Crippen molar-refractivity contribution in [3.8, 4) is 11.8 Å². The van der Waals surface area contributed by atoms with Crippen LogP contribution in [0.2, 0.25) is 0 Å². The van der Waals surface area contributed by atoms with Crippen LogP contribution in [-0.4, -0.2) is 20.2 Å².